The molecule has 0 amide bonds. The number of benzene rings is 1. The average Bonchev–Trinajstić information content (AvgIpc) is 2.42. The summed E-state index contributed by atoms with van der Waals surface area (Å²) in [4.78, 5) is 12.8. The molecule has 0 aliphatic carbocycles. The van der Waals surface area contributed by atoms with Crippen molar-refractivity contribution in [1.29, 1.82) is 0 Å². The second kappa shape index (κ2) is 6.45. The van der Waals surface area contributed by atoms with Gasteiger partial charge in [0, 0.05) is 13.0 Å². The lowest BCUT2D eigenvalue weighted by Gasteiger charge is -2.30. The molecule has 104 valence electrons. The molecule has 2 rings (SSSR count). The second-order valence-corrected chi connectivity index (χ2v) is 4.83. The first kappa shape index (κ1) is 13.7. The summed E-state index contributed by atoms with van der Waals surface area (Å²) in [6.45, 7) is 4.82. The van der Waals surface area contributed by atoms with Crippen molar-refractivity contribution in [2.45, 2.75) is 32.6 Å². The molecule has 1 heterocycles. The van der Waals surface area contributed by atoms with Crippen LogP contribution in [0.1, 0.15) is 31.7 Å². The Morgan fingerprint density at radius 1 is 1.42 bits per heavy atom. The Hall–Kier alpha value is -1.71. The molecule has 1 N–H and O–H groups in total. The quantitative estimate of drug-likeness (QED) is 0.802. The number of hydrogen-bond acceptors (Lipinski definition) is 3. The van der Waals surface area contributed by atoms with Gasteiger partial charge in [0.2, 0.25) is 0 Å². The zero-order valence-electron chi connectivity index (χ0n) is 11.4. The van der Waals surface area contributed by atoms with E-state index in [-0.39, 0.29) is 6.42 Å². The van der Waals surface area contributed by atoms with E-state index in [1.165, 1.54) is 11.3 Å². The molecular formula is C15H21NO3. The van der Waals surface area contributed by atoms with Crippen LogP contribution in [0, 0.1) is 0 Å². The van der Waals surface area contributed by atoms with Gasteiger partial charge < -0.3 is 14.7 Å². The van der Waals surface area contributed by atoms with Crippen LogP contribution < -0.4 is 9.64 Å². The minimum Gasteiger partial charge on any atom is -0.490 e. The van der Waals surface area contributed by atoms with E-state index in [4.69, 9.17) is 9.84 Å². The van der Waals surface area contributed by atoms with Crippen molar-refractivity contribution >= 4 is 11.7 Å². The molecule has 0 radical (unpaired) electrons. The maximum atomic E-state index is 10.5. The fourth-order valence-electron chi connectivity index (χ4n) is 2.41. The number of fused-ring (bicyclic) bond motifs is 1. The summed E-state index contributed by atoms with van der Waals surface area (Å²) in [6.07, 6.45) is 2.84. The van der Waals surface area contributed by atoms with Crippen LogP contribution >= 0.6 is 0 Å². The molecular weight excluding hydrogens is 242 g/mol. The molecule has 0 unspecified atom stereocenters. The molecule has 19 heavy (non-hydrogen) atoms. The molecule has 0 saturated heterocycles. The fourth-order valence-corrected chi connectivity index (χ4v) is 2.41. The van der Waals surface area contributed by atoms with Gasteiger partial charge in [0.25, 0.3) is 0 Å². The molecule has 4 nitrogen and oxygen atoms in total. The number of carbonyl (C=O) groups is 1. The van der Waals surface area contributed by atoms with Crippen LogP contribution in [0.4, 0.5) is 5.69 Å². The normalized spacial score (nSPS) is 13.8. The average molecular weight is 263 g/mol. The van der Waals surface area contributed by atoms with Crippen LogP contribution in [0.25, 0.3) is 0 Å². The van der Waals surface area contributed by atoms with E-state index in [1.54, 1.807) is 0 Å². The fraction of sp³-hybridized carbons (Fsp3) is 0.533. The van der Waals surface area contributed by atoms with Gasteiger partial charge >= 0.3 is 5.97 Å². The van der Waals surface area contributed by atoms with Gasteiger partial charge in [-0.25, -0.2) is 0 Å². The molecule has 0 atom stereocenters. The van der Waals surface area contributed by atoms with Crippen LogP contribution in [-0.4, -0.2) is 30.8 Å². The van der Waals surface area contributed by atoms with Gasteiger partial charge in [-0.1, -0.05) is 6.07 Å². The van der Waals surface area contributed by atoms with Crippen LogP contribution in [0.15, 0.2) is 18.2 Å². The molecule has 1 aliphatic rings. The zero-order chi connectivity index (χ0) is 13.7. The monoisotopic (exact) mass is 263 g/mol. The smallest absolute Gasteiger partial charge is 0.303 e. The third-order valence-corrected chi connectivity index (χ3v) is 3.47. The van der Waals surface area contributed by atoms with Crippen molar-refractivity contribution in [3.8, 4) is 5.75 Å². The molecule has 0 aromatic heterocycles. The highest BCUT2D eigenvalue weighted by atomic mass is 16.5. The number of unbranched alkanes of at least 4 members (excludes halogenated alkanes) is 1. The van der Waals surface area contributed by atoms with Gasteiger partial charge in [0.15, 0.2) is 0 Å². The zero-order valence-corrected chi connectivity index (χ0v) is 11.4. The minimum atomic E-state index is -0.712. The first-order valence-corrected chi connectivity index (χ1v) is 6.93. The van der Waals surface area contributed by atoms with Gasteiger partial charge in [0.05, 0.1) is 12.2 Å². The Morgan fingerprint density at radius 3 is 3.00 bits per heavy atom. The molecule has 1 aliphatic heterocycles. The van der Waals surface area contributed by atoms with E-state index in [2.05, 4.69) is 24.0 Å². The summed E-state index contributed by atoms with van der Waals surface area (Å²) in [5.74, 6) is 0.249. The Labute approximate surface area is 114 Å². The summed E-state index contributed by atoms with van der Waals surface area (Å²) in [6, 6.07) is 6.29. The Bertz CT molecular complexity index is 445. The van der Waals surface area contributed by atoms with Crippen LogP contribution in [0.3, 0.4) is 0 Å². The third kappa shape index (κ3) is 3.63. The Kier molecular flexibility index (Phi) is 4.66. The minimum absolute atomic E-state index is 0.259. The van der Waals surface area contributed by atoms with E-state index in [0.29, 0.717) is 0 Å². The highest BCUT2D eigenvalue weighted by Crippen LogP contribution is 2.32. The number of aryl methyl sites for hydroxylation is 1. The first-order chi connectivity index (χ1) is 9.20. The first-order valence-electron chi connectivity index (χ1n) is 6.93. The van der Waals surface area contributed by atoms with Crippen LogP contribution in [0.2, 0.25) is 0 Å². The number of likely N-dealkylation sites (N-methyl/N-ethyl adjacent to an activating group) is 1. The SMILES string of the molecule is CCN1CCOc2ccc(CCCCC(=O)O)cc21. The number of carboxylic acid groups (broad SMARTS) is 1. The largest absolute Gasteiger partial charge is 0.490 e. The van der Waals surface area contributed by atoms with Gasteiger partial charge in [-0.15, -0.1) is 0 Å². The Balaban J connectivity index is 1.97. The van der Waals surface area contributed by atoms with Gasteiger partial charge in [-0.3, -0.25) is 4.79 Å². The van der Waals surface area contributed by atoms with E-state index in [1.807, 2.05) is 6.07 Å². The molecule has 0 saturated carbocycles. The summed E-state index contributed by atoms with van der Waals surface area (Å²) in [7, 11) is 0. The predicted octanol–water partition coefficient (Wildman–Crippen LogP) is 2.70. The summed E-state index contributed by atoms with van der Waals surface area (Å²) >= 11 is 0. The van der Waals surface area contributed by atoms with Crippen molar-refractivity contribution in [2.24, 2.45) is 0 Å². The number of ether oxygens (including phenoxy) is 1. The standard InChI is InChI=1S/C15H21NO3/c1-2-16-9-10-19-14-8-7-12(11-13(14)16)5-3-4-6-15(17)18/h7-8,11H,2-6,9-10H2,1H3,(H,17,18). The van der Waals surface area contributed by atoms with Crippen molar-refractivity contribution in [3.63, 3.8) is 0 Å². The summed E-state index contributed by atoms with van der Waals surface area (Å²) in [5, 5.41) is 8.61. The molecule has 0 bridgehead atoms. The van der Waals surface area contributed by atoms with E-state index >= 15 is 0 Å². The number of hydrogen-bond donors (Lipinski definition) is 1. The van der Waals surface area contributed by atoms with Crippen LogP contribution in [-0.2, 0) is 11.2 Å². The lowest BCUT2D eigenvalue weighted by atomic mass is 10.0. The number of carboxylic acids is 1. The van der Waals surface area contributed by atoms with Crippen molar-refractivity contribution in [3.05, 3.63) is 23.8 Å². The third-order valence-electron chi connectivity index (χ3n) is 3.47. The molecule has 1 aromatic rings. The highest BCUT2D eigenvalue weighted by Gasteiger charge is 2.16. The number of anilines is 1. The predicted molar refractivity (Wildman–Crippen MR) is 75.0 cm³/mol. The maximum Gasteiger partial charge on any atom is 0.303 e. The summed E-state index contributed by atoms with van der Waals surface area (Å²) < 4.78 is 5.65. The topological polar surface area (TPSA) is 49.8 Å². The molecule has 0 spiro atoms. The van der Waals surface area contributed by atoms with Gasteiger partial charge in [0.1, 0.15) is 12.4 Å². The molecule has 0 fully saturated rings. The van der Waals surface area contributed by atoms with Gasteiger partial charge in [-0.05, 0) is 43.9 Å². The Morgan fingerprint density at radius 2 is 2.26 bits per heavy atom. The van der Waals surface area contributed by atoms with E-state index in [9.17, 15) is 4.79 Å². The van der Waals surface area contributed by atoms with E-state index in [0.717, 1.165) is 44.7 Å². The summed E-state index contributed by atoms with van der Waals surface area (Å²) in [5.41, 5.74) is 2.43. The molecule has 4 heteroatoms. The van der Waals surface area contributed by atoms with Crippen LogP contribution in [0.5, 0.6) is 5.75 Å². The van der Waals surface area contributed by atoms with Crippen molar-refractivity contribution in [2.75, 3.05) is 24.6 Å². The number of aliphatic carboxylic acids is 1. The molecule has 1 aromatic carbocycles. The van der Waals surface area contributed by atoms with E-state index < -0.39 is 5.97 Å². The lowest BCUT2D eigenvalue weighted by molar-refractivity contribution is -0.137. The number of rotatable bonds is 6. The second-order valence-electron chi connectivity index (χ2n) is 4.83. The van der Waals surface area contributed by atoms with Gasteiger partial charge in [-0.2, -0.15) is 0 Å². The number of nitrogens with zero attached hydrogens (tertiary/aromatic N) is 1. The van der Waals surface area contributed by atoms with Crippen molar-refractivity contribution < 1.29 is 14.6 Å². The lowest BCUT2D eigenvalue weighted by Crippen LogP contribution is -2.32. The highest BCUT2D eigenvalue weighted by molar-refractivity contribution is 5.66. The maximum absolute atomic E-state index is 10.5. The van der Waals surface area contributed by atoms with Crippen molar-refractivity contribution in [1.82, 2.24) is 0 Å².